The molecule has 1 unspecified atom stereocenters. The molecule has 0 radical (unpaired) electrons. The first-order valence-electron chi connectivity index (χ1n) is 3.51. The summed E-state index contributed by atoms with van der Waals surface area (Å²) in [4.78, 5) is 10.6. The Bertz CT molecular complexity index is 182. The predicted octanol–water partition coefficient (Wildman–Crippen LogP) is 2.50. The highest BCUT2D eigenvalue weighted by Crippen LogP contribution is 2.09. The van der Waals surface area contributed by atoms with Crippen LogP contribution in [0.25, 0.3) is 0 Å². The molecule has 0 saturated carbocycles. The summed E-state index contributed by atoms with van der Waals surface area (Å²) in [7, 11) is 0. The van der Waals surface area contributed by atoms with Gasteiger partial charge in [0, 0.05) is 29.3 Å². The number of hydrogen-bond donors (Lipinski definition) is 2. The first-order chi connectivity index (χ1) is 5.61. The van der Waals surface area contributed by atoms with Gasteiger partial charge in [-0.1, -0.05) is 0 Å². The molecule has 0 aliphatic rings. The Morgan fingerprint density at radius 1 is 1.75 bits per heavy atom. The number of hydrogen-bond acceptors (Lipinski definition) is 3. The van der Waals surface area contributed by atoms with Crippen molar-refractivity contribution in [1.29, 1.82) is 0 Å². The van der Waals surface area contributed by atoms with E-state index in [1.54, 1.807) is 35.6 Å². The van der Waals surface area contributed by atoms with Crippen LogP contribution in [0.15, 0.2) is 11.8 Å². The lowest BCUT2D eigenvalue weighted by molar-refractivity contribution is -0.109. The molecule has 0 rings (SSSR count). The van der Waals surface area contributed by atoms with Gasteiger partial charge in [-0.25, -0.2) is 0 Å². The number of aliphatic hydroxyl groups is 1. The maximum Gasteiger partial charge on any atom is 0.192 e. The van der Waals surface area contributed by atoms with Crippen molar-refractivity contribution >= 4 is 49.2 Å². The van der Waals surface area contributed by atoms with Gasteiger partial charge in [-0.2, -0.15) is 0 Å². The maximum atomic E-state index is 10.6. The quantitative estimate of drug-likeness (QED) is 0.326. The van der Waals surface area contributed by atoms with Crippen molar-refractivity contribution in [1.82, 2.24) is 3.53 Å². The molecule has 0 aromatic rings. The van der Waals surface area contributed by atoms with E-state index >= 15 is 0 Å². The van der Waals surface area contributed by atoms with E-state index in [1.807, 2.05) is 22.9 Å². The van der Waals surface area contributed by atoms with Gasteiger partial charge in [0.1, 0.15) is 5.76 Å². The zero-order chi connectivity index (χ0) is 9.56. The van der Waals surface area contributed by atoms with Gasteiger partial charge < -0.3 is 5.11 Å². The van der Waals surface area contributed by atoms with E-state index in [4.69, 9.17) is 0 Å². The van der Waals surface area contributed by atoms with Gasteiger partial charge in [0.05, 0.1) is 6.04 Å². The zero-order valence-corrected chi connectivity index (χ0v) is 11.0. The van der Waals surface area contributed by atoms with Crippen LogP contribution in [0.4, 0.5) is 0 Å². The smallest absolute Gasteiger partial charge is 0.192 e. The molecule has 2 N–H and O–H groups in total. The minimum Gasteiger partial charge on any atom is -0.511 e. The monoisotopic (exact) mass is 395 g/mol. The third kappa shape index (κ3) is 5.31. The molecule has 0 amide bonds. The number of rotatable bonds is 5. The maximum absolute atomic E-state index is 10.6. The van der Waals surface area contributed by atoms with Crippen molar-refractivity contribution in [2.24, 2.45) is 0 Å². The summed E-state index contributed by atoms with van der Waals surface area (Å²) in [6, 6.07) is -0.102. The second kappa shape index (κ2) is 7.07. The average Bonchev–Trinajstić information content (AvgIpc) is 2.04. The van der Waals surface area contributed by atoms with Crippen LogP contribution in [0.1, 0.15) is 19.8 Å². The van der Waals surface area contributed by atoms with Crippen LogP contribution in [-0.4, -0.2) is 14.9 Å². The van der Waals surface area contributed by atoms with Crippen LogP contribution in [0.3, 0.4) is 0 Å². The summed E-state index contributed by atoms with van der Waals surface area (Å²) in [5, 5.41) is 9.31. The second-order valence-corrected chi connectivity index (χ2v) is 4.10. The van der Waals surface area contributed by atoms with Crippen molar-refractivity contribution in [3.63, 3.8) is 0 Å². The van der Waals surface area contributed by atoms with Crippen LogP contribution >= 0.6 is 45.5 Å². The molecule has 0 fully saturated rings. The lowest BCUT2D eigenvalue weighted by atomic mass is 10.1. The van der Waals surface area contributed by atoms with E-state index in [1.165, 1.54) is 0 Å². The highest BCUT2D eigenvalue weighted by molar-refractivity contribution is 14.1. The third-order valence-electron chi connectivity index (χ3n) is 1.41. The van der Waals surface area contributed by atoms with Gasteiger partial charge in [-0.3, -0.25) is 8.32 Å². The van der Waals surface area contributed by atoms with Gasteiger partial charge >= 0.3 is 0 Å². The molecule has 0 spiro atoms. The fourth-order valence-electron chi connectivity index (χ4n) is 0.717. The van der Waals surface area contributed by atoms with Gasteiger partial charge in [-0.15, -0.1) is 0 Å². The molecule has 12 heavy (non-hydrogen) atoms. The highest BCUT2D eigenvalue weighted by atomic mass is 127. The highest BCUT2D eigenvalue weighted by Gasteiger charge is 2.11. The molecular weight excluding hydrogens is 384 g/mol. The van der Waals surface area contributed by atoms with Crippen molar-refractivity contribution in [3.8, 4) is 0 Å². The Kier molecular flexibility index (Phi) is 7.45. The van der Waals surface area contributed by atoms with Crippen LogP contribution in [-0.2, 0) is 4.79 Å². The first kappa shape index (κ1) is 12.6. The summed E-state index contributed by atoms with van der Waals surface area (Å²) in [5.74, 6) is 0.294. The standard InChI is InChI=1S/C7H11I2NO2/c1-2-6(11)5(10-9)3-4-7(8)12/h2,5,10-11H,3-4H2,1H3/b6-2+. The van der Waals surface area contributed by atoms with Gasteiger partial charge in [0.25, 0.3) is 0 Å². The molecule has 5 heteroatoms. The predicted molar refractivity (Wildman–Crippen MR) is 65.6 cm³/mol. The third-order valence-corrected chi connectivity index (χ3v) is 2.71. The molecule has 0 bridgehead atoms. The molecule has 3 nitrogen and oxygen atoms in total. The molecule has 0 saturated heterocycles. The Labute approximate surface area is 99.6 Å². The summed E-state index contributed by atoms with van der Waals surface area (Å²) >= 11 is 3.73. The fraction of sp³-hybridized carbons (Fsp3) is 0.571. The number of nitrogens with one attached hydrogen (secondary N) is 1. The average molecular weight is 395 g/mol. The Morgan fingerprint density at radius 3 is 2.67 bits per heavy atom. The SMILES string of the molecule is C/C=C(/O)C(CCC(=O)I)NI. The van der Waals surface area contributed by atoms with E-state index in [0.717, 1.165) is 0 Å². The fourth-order valence-corrected chi connectivity index (χ4v) is 1.66. The first-order valence-corrected chi connectivity index (χ1v) is 5.67. The van der Waals surface area contributed by atoms with Crippen LogP contribution in [0.5, 0.6) is 0 Å². The van der Waals surface area contributed by atoms with Crippen molar-refractivity contribution in [2.75, 3.05) is 0 Å². The van der Waals surface area contributed by atoms with E-state index in [9.17, 15) is 9.90 Å². The van der Waals surface area contributed by atoms with Crippen molar-refractivity contribution in [2.45, 2.75) is 25.8 Å². The number of carbonyl (C=O) groups is 1. The minimum atomic E-state index is -0.102. The molecule has 0 aliphatic heterocycles. The summed E-state index contributed by atoms with van der Waals surface area (Å²) in [6.07, 6.45) is 2.76. The van der Waals surface area contributed by atoms with Crippen LogP contribution in [0, 0.1) is 0 Å². The lowest BCUT2D eigenvalue weighted by Crippen LogP contribution is -2.23. The largest absolute Gasteiger partial charge is 0.511 e. The molecule has 0 heterocycles. The second-order valence-electron chi connectivity index (χ2n) is 2.27. The number of carbonyl (C=O) groups excluding carboxylic acids is 1. The summed E-state index contributed by atoms with van der Waals surface area (Å²) in [6.45, 7) is 1.77. The Balaban J connectivity index is 3.92. The Hall–Kier alpha value is 0.630. The van der Waals surface area contributed by atoms with E-state index in [2.05, 4.69) is 3.53 Å². The molecular formula is C7H11I2NO2. The number of halogens is 2. The van der Waals surface area contributed by atoms with Crippen molar-refractivity contribution in [3.05, 3.63) is 11.8 Å². The lowest BCUT2D eigenvalue weighted by Gasteiger charge is -2.12. The number of aliphatic hydroxyl groups excluding tert-OH is 1. The molecule has 0 aliphatic carbocycles. The van der Waals surface area contributed by atoms with E-state index in [-0.39, 0.29) is 9.83 Å². The van der Waals surface area contributed by atoms with E-state index in [0.29, 0.717) is 18.6 Å². The van der Waals surface area contributed by atoms with Gasteiger partial charge in [0.2, 0.25) is 0 Å². The Morgan fingerprint density at radius 2 is 2.33 bits per heavy atom. The van der Waals surface area contributed by atoms with Crippen LogP contribution in [0.2, 0.25) is 0 Å². The molecule has 0 aromatic heterocycles. The molecule has 0 aromatic carbocycles. The summed E-state index contributed by atoms with van der Waals surface area (Å²) in [5.41, 5.74) is 0. The molecule has 70 valence electrons. The minimum absolute atomic E-state index is 0.102. The van der Waals surface area contributed by atoms with Gasteiger partial charge in [0.15, 0.2) is 3.79 Å². The summed E-state index contributed by atoms with van der Waals surface area (Å²) < 4.78 is 3.02. The zero-order valence-electron chi connectivity index (χ0n) is 6.68. The van der Waals surface area contributed by atoms with E-state index < -0.39 is 0 Å². The van der Waals surface area contributed by atoms with Gasteiger partial charge in [-0.05, 0) is 42.0 Å². The van der Waals surface area contributed by atoms with Crippen LogP contribution < -0.4 is 3.53 Å². The number of allylic oxidation sites excluding steroid dienone is 1. The molecule has 1 atom stereocenters. The van der Waals surface area contributed by atoms with Crippen molar-refractivity contribution < 1.29 is 9.90 Å². The normalized spacial score (nSPS) is 14.4. The topological polar surface area (TPSA) is 49.3 Å².